The van der Waals surface area contributed by atoms with Crippen LogP contribution in [-0.2, 0) is 10.2 Å². The van der Waals surface area contributed by atoms with Gasteiger partial charge in [-0.3, -0.25) is 4.79 Å². The fraction of sp³-hybridized carbons (Fsp3) is 0.222. The van der Waals surface area contributed by atoms with Gasteiger partial charge in [0, 0.05) is 11.4 Å². The van der Waals surface area contributed by atoms with Crippen molar-refractivity contribution < 1.29 is 9.90 Å². The lowest BCUT2D eigenvalue weighted by molar-refractivity contribution is -0.141. The van der Waals surface area contributed by atoms with Gasteiger partial charge in [0.2, 0.25) is 0 Å². The maximum atomic E-state index is 12.3. The van der Waals surface area contributed by atoms with Gasteiger partial charge in [0.1, 0.15) is 5.41 Å². The normalized spacial score (nSPS) is 10.1. The highest BCUT2D eigenvalue weighted by Crippen LogP contribution is 2.34. The fourth-order valence-corrected chi connectivity index (χ4v) is 3.34. The largest absolute Gasteiger partial charge is 0.480 e. The third kappa shape index (κ3) is 5.03. The molecule has 1 N–H and O–H groups in total. The van der Waals surface area contributed by atoms with Crippen LogP contribution in [0.4, 0.5) is 11.4 Å². The van der Waals surface area contributed by atoms with E-state index in [0.717, 1.165) is 11.4 Å². The number of anilines is 2. The van der Waals surface area contributed by atoms with Crippen LogP contribution in [0.2, 0.25) is 0 Å². The molecule has 0 spiro atoms. The Hall–Kier alpha value is -4.25. The molecule has 154 valence electrons. The summed E-state index contributed by atoms with van der Waals surface area (Å²) in [7, 11) is 0. The Morgan fingerprint density at radius 3 is 1.26 bits per heavy atom. The second-order valence-electron chi connectivity index (χ2n) is 7.05. The lowest BCUT2D eigenvalue weighted by atomic mass is 9.76. The van der Waals surface area contributed by atoms with Crippen LogP contribution in [0, 0.1) is 49.4 Å². The minimum absolute atomic E-state index is 0.368. The number of rotatable bonds is 9. The molecule has 0 heterocycles. The maximum Gasteiger partial charge on any atom is 0.318 e. The van der Waals surface area contributed by atoms with Crippen LogP contribution in [0.3, 0.4) is 0 Å². The molecule has 0 unspecified atom stereocenters. The summed E-state index contributed by atoms with van der Waals surface area (Å²) in [4.78, 5) is 16.1. The Balaban J connectivity index is 2.41. The van der Waals surface area contributed by atoms with Gasteiger partial charge in [0.05, 0.1) is 26.2 Å². The summed E-state index contributed by atoms with van der Waals surface area (Å²) < 4.78 is 0. The smallest absolute Gasteiger partial charge is 0.318 e. The standard InChI is InChI=1S/C27H24N2O2/c1-6-18-28(19-7-2)24-14-10-22(11-15-24)27(5,26(30)31)23-12-16-25(17-13-23)29(20-8-3)21-9-4/h1-4,10-17H,18-21H2,5H3,(H,30,31). The quantitative estimate of drug-likeness (QED) is 0.647. The van der Waals surface area contributed by atoms with Crippen molar-refractivity contribution in [1.29, 1.82) is 0 Å². The molecule has 0 bridgehead atoms. The van der Waals surface area contributed by atoms with E-state index in [1.807, 2.05) is 34.1 Å². The van der Waals surface area contributed by atoms with Gasteiger partial charge >= 0.3 is 5.97 Å². The molecule has 4 heteroatoms. The van der Waals surface area contributed by atoms with Crippen LogP contribution < -0.4 is 9.80 Å². The van der Waals surface area contributed by atoms with Gasteiger partial charge in [-0.25, -0.2) is 0 Å². The van der Waals surface area contributed by atoms with Crippen molar-refractivity contribution >= 4 is 17.3 Å². The van der Waals surface area contributed by atoms with E-state index in [4.69, 9.17) is 25.7 Å². The van der Waals surface area contributed by atoms with Crippen LogP contribution in [-0.4, -0.2) is 37.3 Å². The summed E-state index contributed by atoms with van der Waals surface area (Å²) in [6.07, 6.45) is 21.7. The average molecular weight is 409 g/mol. The fourth-order valence-electron chi connectivity index (χ4n) is 3.34. The first kappa shape index (κ1) is 23.0. The van der Waals surface area contributed by atoms with Crippen LogP contribution in [0.1, 0.15) is 18.1 Å². The van der Waals surface area contributed by atoms with Crippen molar-refractivity contribution in [2.45, 2.75) is 12.3 Å². The van der Waals surface area contributed by atoms with Crippen LogP contribution in [0.15, 0.2) is 48.5 Å². The Morgan fingerprint density at radius 2 is 1.03 bits per heavy atom. The average Bonchev–Trinajstić information content (AvgIpc) is 2.78. The third-order valence-electron chi connectivity index (χ3n) is 5.18. The third-order valence-corrected chi connectivity index (χ3v) is 5.18. The lowest BCUT2D eigenvalue weighted by Crippen LogP contribution is -2.34. The van der Waals surface area contributed by atoms with Crippen molar-refractivity contribution in [3.8, 4) is 49.4 Å². The van der Waals surface area contributed by atoms with Crippen molar-refractivity contribution in [2.75, 3.05) is 36.0 Å². The SMILES string of the molecule is C#CCN(CC#C)c1ccc(C(C)(C(=O)O)c2ccc(N(CC#C)CC#C)cc2)cc1. The molecule has 4 nitrogen and oxygen atoms in total. The molecule has 0 fully saturated rings. The highest BCUT2D eigenvalue weighted by Gasteiger charge is 2.37. The van der Waals surface area contributed by atoms with Crippen LogP contribution in [0.25, 0.3) is 0 Å². The molecular formula is C27H24N2O2. The number of benzene rings is 2. The minimum Gasteiger partial charge on any atom is -0.480 e. The predicted molar refractivity (Wildman–Crippen MR) is 127 cm³/mol. The van der Waals surface area contributed by atoms with E-state index in [0.29, 0.717) is 37.3 Å². The van der Waals surface area contributed by atoms with E-state index in [2.05, 4.69) is 23.7 Å². The Morgan fingerprint density at radius 1 is 0.742 bits per heavy atom. The number of nitrogens with zero attached hydrogens (tertiary/aromatic N) is 2. The van der Waals surface area contributed by atoms with E-state index in [-0.39, 0.29) is 0 Å². The molecule has 2 rings (SSSR count). The summed E-state index contributed by atoms with van der Waals surface area (Å²) in [5, 5.41) is 10.1. The number of carbonyl (C=O) groups is 1. The Kier molecular flexibility index (Phi) is 7.81. The zero-order chi connectivity index (χ0) is 22.9. The number of carboxylic acids is 1. The van der Waals surface area contributed by atoms with E-state index < -0.39 is 11.4 Å². The van der Waals surface area contributed by atoms with Gasteiger partial charge in [0.15, 0.2) is 0 Å². The number of terminal acetylenes is 4. The molecule has 0 aliphatic heterocycles. The van der Waals surface area contributed by atoms with Crippen molar-refractivity contribution in [2.24, 2.45) is 0 Å². The molecule has 0 aliphatic rings. The number of hydrogen-bond donors (Lipinski definition) is 1. The molecule has 2 aromatic carbocycles. The topological polar surface area (TPSA) is 43.8 Å². The van der Waals surface area contributed by atoms with Crippen LogP contribution in [0.5, 0.6) is 0 Å². The Bertz CT molecular complexity index is 960. The van der Waals surface area contributed by atoms with Gasteiger partial charge in [0.25, 0.3) is 0 Å². The van der Waals surface area contributed by atoms with Crippen molar-refractivity contribution in [1.82, 2.24) is 0 Å². The summed E-state index contributed by atoms with van der Waals surface area (Å²) in [6, 6.07) is 14.5. The molecule has 0 atom stereocenters. The van der Waals surface area contributed by atoms with E-state index in [9.17, 15) is 9.90 Å². The molecule has 0 saturated heterocycles. The summed E-state index contributed by atoms with van der Waals surface area (Å²) >= 11 is 0. The Labute approximate surface area is 184 Å². The van der Waals surface area contributed by atoms with E-state index >= 15 is 0 Å². The first-order chi connectivity index (χ1) is 14.9. The monoisotopic (exact) mass is 408 g/mol. The highest BCUT2D eigenvalue weighted by atomic mass is 16.4. The van der Waals surface area contributed by atoms with Crippen molar-refractivity contribution in [3.63, 3.8) is 0 Å². The van der Waals surface area contributed by atoms with E-state index in [1.165, 1.54) is 0 Å². The lowest BCUT2D eigenvalue weighted by Gasteiger charge is -2.28. The molecule has 2 aromatic rings. The molecule has 0 aliphatic carbocycles. The van der Waals surface area contributed by atoms with Crippen LogP contribution >= 0.6 is 0 Å². The van der Waals surface area contributed by atoms with E-state index in [1.54, 1.807) is 31.2 Å². The van der Waals surface area contributed by atoms with Crippen molar-refractivity contribution in [3.05, 3.63) is 59.7 Å². The van der Waals surface area contributed by atoms with Gasteiger partial charge in [-0.15, -0.1) is 25.7 Å². The van der Waals surface area contributed by atoms with Gasteiger partial charge in [-0.05, 0) is 42.3 Å². The maximum absolute atomic E-state index is 12.3. The molecular weight excluding hydrogens is 384 g/mol. The van der Waals surface area contributed by atoms with Gasteiger partial charge in [-0.1, -0.05) is 47.9 Å². The first-order valence-corrected chi connectivity index (χ1v) is 9.60. The summed E-state index contributed by atoms with van der Waals surface area (Å²) in [6.45, 7) is 3.15. The van der Waals surface area contributed by atoms with Gasteiger partial charge in [-0.2, -0.15) is 0 Å². The number of aliphatic carboxylic acids is 1. The number of hydrogen-bond acceptors (Lipinski definition) is 3. The summed E-state index contributed by atoms with van der Waals surface area (Å²) in [5.74, 6) is 9.36. The molecule has 0 aromatic heterocycles. The van der Waals surface area contributed by atoms with Gasteiger partial charge < -0.3 is 14.9 Å². The molecule has 0 amide bonds. The number of carboxylic acid groups (broad SMARTS) is 1. The first-order valence-electron chi connectivity index (χ1n) is 9.60. The molecule has 0 radical (unpaired) electrons. The summed E-state index contributed by atoms with van der Waals surface area (Å²) in [5.41, 5.74) is 1.70. The minimum atomic E-state index is -1.25. The second kappa shape index (κ2) is 10.5. The predicted octanol–water partition coefficient (Wildman–Crippen LogP) is 3.22. The zero-order valence-electron chi connectivity index (χ0n) is 17.5. The second-order valence-corrected chi connectivity index (χ2v) is 7.05. The zero-order valence-corrected chi connectivity index (χ0v) is 17.5. The molecule has 0 saturated carbocycles. The highest BCUT2D eigenvalue weighted by molar-refractivity contribution is 5.86. The molecule has 31 heavy (non-hydrogen) atoms.